The number of nitrogens with zero attached hydrogens (tertiary/aromatic N) is 3. The van der Waals surface area contributed by atoms with Gasteiger partial charge in [0.2, 0.25) is 5.89 Å². The second-order valence-corrected chi connectivity index (χ2v) is 6.40. The predicted molar refractivity (Wildman–Crippen MR) is 105 cm³/mol. The summed E-state index contributed by atoms with van der Waals surface area (Å²) in [6.45, 7) is 2.93. The van der Waals surface area contributed by atoms with Crippen molar-refractivity contribution in [3.63, 3.8) is 0 Å². The minimum Gasteiger partial charge on any atom is -0.493 e. The first kappa shape index (κ1) is 17.9. The van der Waals surface area contributed by atoms with E-state index in [1.165, 1.54) is 0 Å². The van der Waals surface area contributed by atoms with Crippen LogP contribution in [0.1, 0.15) is 17.0 Å². The lowest BCUT2D eigenvalue weighted by Crippen LogP contribution is -2.01. The van der Waals surface area contributed by atoms with Crippen molar-refractivity contribution < 1.29 is 13.9 Å². The number of oxazole rings is 1. The molecule has 6 heteroatoms. The highest BCUT2D eigenvalue weighted by molar-refractivity contribution is 5.53. The normalized spacial score (nSPS) is 10.8. The van der Waals surface area contributed by atoms with Crippen LogP contribution in [0.15, 0.2) is 71.4 Å². The van der Waals surface area contributed by atoms with Gasteiger partial charge in [-0.3, -0.25) is 4.68 Å². The topological polar surface area (TPSA) is 62.3 Å². The van der Waals surface area contributed by atoms with Crippen molar-refractivity contribution in [2.45, 2.75) is 20.1 Å². The number of ether oxygens (including phenoxy) is 2. The Kier molecular flexibility index (Phi) is 5.10. The lowest BCUT2D eigenvalue weighted by atomic mass is 10.2. The second kappa shape index (κ2) is 8.00. The zero-order valence-corrected chi connectivity index (χ0v) is 15.8. The fourth-order valence-corrected chi connectivity index (χ4v) is 2.83. The third-order valence-electron chi connectivity index (χ3n) is 4.40. The lowest BCUT2D eigenvalue weighted by molar-refractivity contribution is 0.299. The van der Waals surface area contributed by atoms with Gasteiger partial charge in [0.1, 0.15) is 23.8 Å². The Bertz CT molecular complexity index is 1040. The van der Waals surface area contributed by atoms with Crippen LogP contribution in [-0.4, -0.2) is 21.9 Å². The smallest absolute Gasteiger partial charge is 0.226 e. The fraction of sp³-hybridized carbons (Fsp3) is 0.182. The van der Waals surface area contributed by atoms with Crippen LogP contribution in [0, 0.1) is 6.92 Å². The van der Waals surface area contributed by atoms with Crippen LogP contribution >= 0.6 is 0 Å². The van der Waals surface area contributed by atoms with Gasteiger partial charge in [-0.25, -0.2) is 4.98 Å². The van der Waals surface area contributed by atoms with Crippen molar-refractivity contribution in [1.29, 1.82) is 0 Å². The zero-order chi connectivity index (χ0) is 19.3. The molecule has 2 aromatic carbocycles. The molecule has 0 spiro atoms. The van der Waals surface area contributed by atoms with Crippen LogP contribution < -0.4 is 9.47 Å². The monoisotopic (exact) mass is 375 g/mol. The summed E-state index contributed by atoms with van der Waals surface area (Å²) in [6, 6.07) is 17.8. The minimum atomic E-state index is 0.359. The highest BCUT2D eigenvalue weighted by Gasteiger charge is 2.12. The van der Waals surface area contributed by atoms with E-state index in [4.69, 9.17) is 13.9 Å². The third kappa shape index (κ3) is 4.06. The van der Waals surface area contributed by atoms with Crippen molar-refractivity contribution in [3.8, 4) is 23.0 Å². The van der Waals surface area contributed by atoms with E-state index >= 15 is 0 Å². The molecule has 0 radical (unpaired) electrons. The zero-order valence-electron chi connectivity index (χ0n) is 15.8. The van der Waals surface area contributed by atoms with E-state index in [1.54, 1.807) is 13.3 Å². The summed E-state index contributed by atoms with van der Waals surface area (Å²) in [5.41, 5.74) is 2.88. The quantitative estimate of drug-likeness (QED) is 0.476. The largest absolute Gasteiger partial charge is 0.493 e. The molecule has 0 aliphatic rings. The van der Waals surface area contributed by atoms with Gasteiger partial charge in [-0.15, -0.1) is 0 Å². The first-order valence-electron chi connectivity index (χ1n) is 9.01. The number of hydrogen-bond donors (Lipinski definition) is 0. The molecule has 142 valence electrons. The van der Waals surface area contributed by atoms with E-state index in [1.807, 2.05) is 72.4 Å². The molecule has 0 N–H and O–H groups in total. The van der Waals surface area contributed by atoms with Crippen molar-refractivity contribution in [2.75, 3.05) is 7.11 Å². The molecule has 2 heterocycles. The Hall–Kier alpha value is -3.54. The molecule has 0 bridgehead atoms. The van der Waals surface area contributed by atoms with Crippen LogP contribution in [-0.2, 0) is 13.2 Å². The first-order valence-corrected chi connectivity index (χ1v) is 9.01. The lowest BCUT2D eigenvalue weighted by Gasteiger charge is -2.06. The van der Waals surface area contributed by atoms with Crippen LogP contribution in [0.4, 0.5) is 0 Å². The Morgan fingerprint density at radius 2 is 1.79 bits per heavy atom. The standard InChI is InChI=1S/C22H21N3O3/c1-16-21(24-22(28-16)18-6-4-3-5-7-18)15-27-19-10-8-17(9-11-19)13-25-14-20(26-2)12-23-25/h3-12,14H,13,15H2,1-2H3. The highest BCUT2D eigenvalue weighted by atomic mass is 16.5. The average molecular weight is 375 g/mol. The van der Waals surface area contributed by atoms with E-state index < -0.39 is 0 Å². The van der Waals surface area contributed by atoms with Gasteiger partial charge >= 0.3 is 0 Å². The van der Waals surface area contributed by atoms with Crippen LogP contribution in [0.3, 0.4) is 0 Å². The minimum absolute atomic E-state index is 0.359. The van der Waals surface area contributed by atoms with Gasteiger partial charge in [-0.05, 0) is 36.8 Å². The maximum atomic E-state index is 5.88. The number of benzene rings is 2. The summed E-state index contributed by atoms with van der Waals surface area (Å²) in [5.74, 6) is 2.91. The van der Waals surface area contributed by atoms with E-state index in [0.29, 0.717) is 19.0 Å². The molecule has 0 amide bonds. The molecule has 0 atom stereocenters. The number of methoxy groups -OCH3 is 1. The summed E-state index contributed by atoms with van der Waals surface area (Å²) >= 11 is 0. The number of aryl methyl sites for hydroxylation is 1. The SMILES string of the molecule is COc1cnn(Cc2ccc(OCc3nc(-c4ccccc4)oc3C)cc2)c1. The van der Waals surface area contributed by atoms with Gasteiger partial charge in [0.25, 0.3) is 0 Å². The molecule has 0 saturated carbocycles. The molecule has 0 aliphatic carbocycles. The number of aromatic nitrogens is 3. The molecule has 6 nitrogen and oxygen atoms in total. The van der Waals surface area contributed by atoms with E-state index in [-0.39, 0.29) is 0 Å². The van der Waals surface area contributed by atoms with Gasteiger partial charge in [0, 0.05) is 5.56 Å². The first-order chi connectivity index (χ1) is 13.7. The molecule has 0 saturated heterocycles. The van der Waals surface area contributed by atoms with Gasteiger partial charge < -0.3 is 13.9 Å². The summed E-state index contributed by atoms with van der Waals surface area (Å²) in [5, 5.41) is 4.26. The van der Waals surface area contributed by atoms with Crippen molar-refractivity contribution in [2.24, 2.45) is 0 Å². The Labute approximate surface area is 163 Å². The number of rotatable bonds is 7. The molecular weight excluding hydrogens is 354 g/mol. The predicted octanol–water partition coefficient (Wildman–Crippen LogP) is 4.48. The Morgan fingerprint density at radius 1 is 1.00 bits per heavy atom. The Balaban J connectivity index is 1.38. The van der Waals surface area contributed by atoms with Crippen LogP contribution in [0.5, 0.6) is 11.5 Å². The van der Waals surface area contributed by atoms with Crippen LogP contribution in [0.25, 0.3) is 11.5 Å². The summed E-state index contributed by atoms with van der Waals surface area (Å²) < 4.78 is 18.6. The average Bonchev–Trinajstić information content (AvgIpc) is 3.34. The van der Waals surface area contributed by atoms with Crippen molar-refractivity contribution in [3.05, 3.63) is 84.0 Å². The molecular formula is C22H21N3O3. The van der Waals surface area contributed by atoms with Crippen LogP contribution in [0.2, 0.25) is 0 Å². The van der Waals surface area contributed by atoms with Gasteiger partial charge in [-0.2, -0.15) is 5.10 Å². The summed E-state index contributed by atoms with van der Waals surface area (Å²) in [7, 11) is 1.63. The second-order valence-electron chi connectivity index (χ2n) is 6.40. The van der Waals surface area contributed by atoms with E-state index in [9.17, 15) is 0 Å². The third-order valence-corrected chi connectivity index (χ3v) is 4.40. The summed E-state index contributed by atoms with van der Waals surface area (Å²) in [4.78, 5) is 4.56. The maximum Gasteiger partial charge on any atom is 0.226 e. The highest BCUT2D eigenvalue weighted by Crippen LogP contribution is 2.23. The summed E-state index contributed by atoms with van der Waals surface area (Å²) in [6.07, 6.45) is 3.56. The maximum absolute atomic E-state index is 5.88. The van der Waals surface area contributed by atoms with E-state index in [0.717, 1.165) is 34.1 Å². The molecule has 0 unspecified atom stereocenters. The van der Waals surface area contributed by atoms with Crippen molar-refractivity contribution >= 4 is 0 Å². The van der Waals surface area contributed by atoms with Gasteiger partial charge in [0.05, 0.1) is 26.0 Å². The van der Waals surface area contributed by atoms with Gasteiger partial charge in [0.15, 0.2) is 5.75 Å². The molecule has 0 fully saturated rings. The van der Waals surface area contributed by atoms with Crippen molar-refractivity contribution in [1.82, 2.24) is 14.8 Å². The molecule has 4 rings (SSSR count). The molecule has 0 aliphatic heterocycles. The number of hydrogen-bond acceptors (Lipinski definition) is 5. The van der Waals surface area contributed by atoms with E-state index in [2.05, 4.69) is 10.1 Å². The molecule has 28 heavy (non-hydrogen) atoms. The Morgan fingerprint density at radius 3 is 2.50 bits per heavy atom. The molecule has 2 aromatic heterocycles. The van der Waals surface area contributed by atoms with Gasteiger partial charge in [-0.1, -0.05) is 30.3 Å². The fourth-order valence-electron chi connectivity index (χ4n) is 2.83. The molecule has 4 aromatic rings.